The minimum absolute atomic E-state index is 0.0296. The number of nitriles is 1. The van der Waals surface area contributed by atoms with E-state index in [1.807, 2.05) is 66.7 Å². The van der Waals surface area contributed by atoms with Crippen molar-refractivity contribution in [2.45, 2.75) is 13.2 Å². The predicted octanol–water partition coefficient (Wildman–Crippen LogP) is 9.07. The third-order valence-electron chi connectivity index (χ3n) is 6.25. The van der Waals surface area contributed by atoms with Gasteiger partial charge in [0.2, 0.25) is 0 Å². The van der Waals surface area contributed by atoms with Crippen LogP contribution in [0, 0.1) is 11.3 Å². The van der Waals surface area contributed by atoms with Gasteiger partial charge in [-0.15, -0.1) is 0 Å². The molecule has 0 bridgehead atoms. The van der Waals surface area contributed by atoms with Crippen molar-refractivity contribution in [2.24, 2.45) is 0 Å². The zero-order chi connectivity index (χ0) is 28.6. The molecular weight excluding hydrogens is 644 g/mol. The number of anilines is 1. The molecule has 7 heteroatoms. The number of nitrogens with zero attached hydrogens (tertiary/aromatic N) is 1. The molecule has 1 N–H and O–H groups in total. The summed E-state index contributed by atoms with van der Waals surface area (Å²) in [5, 5.41) is 14.8. The van der Waals surface area contributed by atoms with Gasteiger partial charge in [0.15, 0.2) is 0 Å². The first-order chi connectivity index (χ1) is 20.0. The second kappa shape index (κ2) is 13.3. The number of fused-ring (bicyclic) bond motifs is 1. The first kappa shape index (κ1) is 28.2. The number of amides is 1. The number of hydrogen-bond donors (Lipinski definition) is 1. The van der Waals surface area contributed by atoms with Crippen LogP contribution in [0.4, 0.5) is 5.69 Å². The van der Waals surface area contributed by atoms with Gasteiger partial charge in [0.05, 0.1) is 8.95 Å². The Morgan fingerprint density at radius 2 is 1.41 bits per heavy atom. The maximum Gasteiger partial charge on any atom is 0.266 e. The molecule has 0 aromatic heterocycles. The topological polar surface area (TPSA) is 71.3 Å². The van der Waals surface area contributed by atoms with E-state index in [-0.39, 0.29) is 5.57 Å². The van der Waals surface area contributed by atoms with E-state index in [2.05, 4.69) is 61.4 Å². The number of halogens is 2. The SMILES string of the molecule is N#C/C(=C\c1cc(Br)c(OCc2ccc3ccccc3c2)c(Br)c1)C(=O)Nc1ccc(OCc2ccccc2)cc1. The smallest absolute Gasteiger partial charge is 0.266 e. The highest BCUT2D eigenvalue weighted by atomic mass is 79.9. The van der Waals surface area contributed by atoms with Gasteiger partial charge in [0.1, 0.15) is 36.4 Å². The largest absolute Gasteiger partial charge is 0.489 e. The van der Waals surface area contributed by atoms with Gasteiger partial charge < -0.3 is 14.8 Å². The molecule has 5 rings (SSSR count). The second-order valence-electron chi connectivity index (χ2n) is 9.21. The van der Waals surface area contributed by atoms with Gasteiger partial charge in [-0.3, -0.25) is 4.79 Å². The molecule has 1 amide bonds. The molecule has 5 aromatic carbocycles. The highest BCUT2D eigenvalue weighted by Crippen LogP contribution is 2.36. The van der Waals surface area contributed by atoms with E-state index in [1.54, 1.807) is 24.3 Å². The van der Waals surface area contributed by atoms with E-state index in [9.17, 15) is 10.1 Å². The summed E-state index contributed by atoms with van der Waals surface area (Å²) in [5.74, 6) is 0.808. The average Bonchev–Trinajstić information content (AvgIpc) is 2.99. The molecule has 0 atom stereocenters. The number of ether oxygens (including phenoxy) is 2. The predicted molar refractivity (Wildman–Crippen MR) is 170 cm³/mol. The third kappa shape index (κ3) is 7.43. The van der Waals surface area contributed by atoms with Crippen molar-refractivity contribution >= 4 is 60.3 Å². The third-order valence-corrected chi connectivity index (χ3v) is 7.43. The zero-order valence-corrected chi connectivity index (χ0v) is 25.0. The summed E-state index contributed by atoms with van der Waals surface area (Å²) in [4.78, 5) is 12.9. The van der Waals surface area contributed by atoms with E-state index < -0.39 is 5.91 Å². The Hall–Kier alpha value is -4.38. The standard InChI is InChI=1S/C34H24Br2N2O3/c35-31-18-25(19-32(36)33(31)41-22-24-10-11-26-8-4-5-9-27(26)16-24)17-28(20-37)34(39)38-29-12-14-30(15-13-29)40-21-23-6-2-1-3-7-23/h1-19H,21-22H2,(H,38,39)/b28-17+. The molecule has 0 spiro atoms. The zero-order valence-electron chi connectivity index (χ0n) is 21.8. The molecule has 0 aliphatic carbocycles. The lowest BCUT2D eigenvalue weighted by atomic mass is 10.1. The Balaban J connectivity index is 1.22. The fourth-order valence-electron chi connectivity index (χ4n) is 4.17. The van der Waals surface area contributed by atoms with Gasteiger partial charge in [0, 0.05) is 5.69 Å². The average molecular weight is 668 g/mol. The maximum absolute atomic E-state index is 12.9. The molecule has 202 valence electrons. The van der Waals surface area contributed by atoms with Crippen LogP contribution in [0.15, 0.2) is 124 Å². The molecule has 0 saturated heterocycles. The molecule has 5 nitrogen and oxygen atoms in total. The summed E-state index contributed by atoms with van der Waals surface area (Å²) in [6, 6.07) is 36.9. The minimum atomic E-state index is -0.505. The van der Waals surface area contributed by atoms with Crippen LogP contribution in [0.1, 0.15) is 16.7 Å². The van der Waals surface area contributed by atoms with Gasteiger partial charge in [-0.2, -0.15) is 5.26 Å². The summed E-state index contributed by atoms with van der Waals surface area (Å²) in [6.45, 7) is 0.839. The Bertz CT molecular complexity index is 1740. The Morgan fingerprint density at radius 3 is 2.12 bits per heavy atom. The van der Waals surface area contributed by atoms with E-state index >= 15 is 0 Å². The number of hydrogen-bond acceptors (Lipinski definition) is 4. The van der Waals surface area contributed by atoms with E-state index in [4.69, 9.17) is 9.47 Å². The maximum atomic E-state index is 12.9. The van der Waals surface area contributed by atoms with Crippen molar-refractivity contribution in [3.63, 3.8) is 0 Å². The van der Waals surface area contributed by atoms with Crippen LogP contribution >= 0.6 is 31.9 Å². The molecular formula is C34H24Br2N2O3. The highest BCUT2D eigenvalue weighted by Gasteiger charge is 2.13. The number of benzene rings is 5. The summed E-state index contributed by atoms with van der Waals surface area (Å²) < 4.78 is 13.3. The summed E-state index contributed by atoms with van der Waals surface area (Å²) >= 11 is 7.14. The fraction of sp³-hybridized carbons (Fsp3) is 0.0588. The molecule has 0 heterocycles. The van der Waals surface area contributed by atoms with E-state index in [1.165, 1.54) is 11.5 Å². The normalized spacial score (nSPS) is 11.1. The molecule has 5 aromatic rings. The van der Waals surface area contributed by atoms with E-state index in [0.717, 1.165) is 16.5 Å². The Kier molecular flexibility index (Phi) is 9.15. The fourth-order valence-corrected chi connectivity index (χ4v) is 5.62. The van der Waals surface area contributed by atoms with Crippen LogP contribution in [0.5, 0.6) is 11.5 Å². The lowest BCUT2D eigenvalue weighted by molar-refractivity contribution is -0.112. The second-order valence-corrected chi connectivity index (χ2v) is 10.9. The van der Waals surface area contributed by atoms with Gasteiger partial charge in [0.25, 0.3) is 5.91 Å². The first-order valence-electron chi connectivity index (χ1n) is 12.8. The van der Waals surface area contributed by atoms with Gasteiger partial charge >= 0.3 is 0 Å². The van der Waals surface area contributed by atoms with Crippen LogP contribution in [-0.2, 0) is 18.0 Å². The van der Waals surface area contributed by atoms with Crippen LogP contribution < -0.4 is 14.8 Å². The van der Waals surface area contributed by atoms with Gasteiger partial charge in [-0.05, 0) is 108 Å². The van der Waals surface area contributed by atoms with Gasteiger partial charge in [-0.1, -0.05) is 66.7 Å². The minimum Gasteiger partial charge on any atom is -0.489 e. The van der Waals surface area contributed by atoms with Crippen molar-refractivity contribution in [3.8, 4) is 17.6 Å². The van der Waals surface area contributed by atoms with Crippen LogP contribution in [0.3, 0.4) is 0 Å². The lowest BCUT2D eigenvalue weighted by Crippen LogP contribution is -2.13. The Morgan fingerprint density at radius 1 is 0.756 bits per heavy atom. The number of carbonyl (C=O) groups excluding carboxylic acids is 1. The molecule has 0 aliphatic rings. The molecule has 0 aliphatic heterocycles. The Labute approximate surface area is 255 Å². The quantitative estimate of drug-likeness (QED) is 0.126. The van der Waals surface area contributed by atoms with Crippen LogP contribution in [0.25, 0.3) is 16.8 Å². The van der Waals surface area contributed by atoms with Crippen molar-refractivity contribution in [1.29, 1.82) is 5.26 Å². The van der Waals surface area contributed by atoms with Crippen molar-refractivity contribution in [1.82, 2.24) is 0 Å². The van der Waals surface area contributed by atoms with Crippen LogP contribution in [0.2, 0.25) is 0 Å². The molecule has 0 fully saturated rings. The van der Waals surface area contributed by atoms with Crippen molar-refractivity contribution < 1.29 is 14.3 Å². The van der Waals surface area contributed by atoms with Crippen molar-refractivity contribution in [2.75, 3.05) is 5.32 Å². The summed E-state index contributed by atoms with van der Waals surface area (Å²) in [5.41, 5.74) is 3.31. The first-order valence-corrected chi connectivity index (χ1v) is 14.4. The number of nitrogens with one attached hydrogen (secondary N) is 1. The number of carbonyl (C=O) groups is 1. The van der Waals surface area contributed by atoms with Gasteiger partial charge in [-0.25, -0.2) is 0 Å². The molecule has 0 unspecified atom stereocenters. The van der Waals surface area contributed by atoms with E-state index in [0.29, 0.717) is 44.9 Å². The molecule has 0 radical (unpaired) electrons. The lowest BCUT2D eigenvalue weighted by Gasteiger charge is -2.12. The molecule has 41 heavy (non-hydrogen) atoms. The summed E-state index contributed by atoms with van der Waals surface area (Å²) in [7, 11) is 0. The molecule has 0 saturated carbocycles. The summed E-state index contributed by atoms with van der Waals surface area (Å²) in [6.07, 6.45) is 1.54. The highest BCUT2D eigenvalue weighted by molar-refractivity contribution is 9.11. The monoisotopic (exact) mass is 666 g/mol. The van der Waals surface area contributed by atoms with Crippen LogP contribution in [-0.4, -0.2) is 5.91 Å². The van der Waals surface area contributed by atoms with Crippen molar-refractivity contribution in [3.05, 3.63) is 140 Å². The number of rotatable bonds is 9.